The molecule has 0 spiro atoms. The first-order chi connectivity index (χ1) is 7.72. The van der Waals surface area contributed by atoms with Gasteiger partial charge in [-0.2, -0.15) is 0 Å². The first-order valence-corrected chi connectivity index (χ1v) is 5.62. The molecule has 0 radical (unpaired) electrons. The van der Waals surface area contributed by atoms with E-state index in [1.54, 1.807) is 7.11 Å². The van der Waals surface area contributed by atoms with Crippen LogP contribution in [-0.2, 0) is 4.79 Å². The van der Waals surface area contributed by atoms with Crippen molar-refractivity contribution in [3.63, 3.8) is 0 Å². The van der Waals surface area contributed by atoms with Gasteiger partial charge in [0.05, 0.1) is 13.2 Å². The van der Waals surface area contributed by atoms with Gasteiger partial charge in [-0.15, -0.1) is 0 Å². The molecular formula is C13H17NO2. The number of hydrogen-bond donors (Lipinski definition) is 0. The number of ether oxygens (including phenoxy) is 1. The van der Waals surface area contributed by atoms with Crippen molar-refractivity contribution in [3.8, 4) is 5.75 Å². The number of methoxy groups -OCH3 is 1. The van der Waals surface area contributed by atoms with Gasteiger partial charge in [-0.05, 0) is 30.5 Å². The van der Waals surface area contributed by atoms with Crippen LogP contribution in [0.2, 0.25) is 0 Å². The summed E-state index contributed by atoms with van der Waals surface area (Å²) >= 11 is 0. The summed E-state index contributed by atoms with van der Waals surface area (Å²) < 4.78 is 5.12. The summed E-state index contributed by atoms with van der Waals surface area (Å²) in [7, 11) is 3.54. The molecule has 0 N–H and O–H groups in total. The van der Waals surface area contributed by atoms with Gasteiger partial charge in [0.2, 0.25) is 5.91 Å². The lowest BCUT2D eigenvalue weighted by Gasteiger charge is -2.32. The first kappa shape index (κ1) is 11.0. The summed E-state index contributed by atoms with van der Waals surface area (Å²) in [5.41, 5.74) is 1.19. The minimum absolute atomic E-state index is 0.229. The molecule has 3 nitrogen and oxygen atoms in total. The first-order valence-electron chi connectivity index (χ1n) is 5.62. The van der Waals surface area contributed by atoms with Crippen LogP contribution in [0.25, 0.3) is 0 Å². The fourth-order valence-electron chi connectivity index (χ4n) is 2.21. The van der Waals surface area contributed by atoms with Crippen LogP contribution in [0.3, 0.4) is 0 Å². The Morgan fingerprint density at radius 1 is 1.31 bits per heavy atom. The molecule has 1 saturated heterocycles. The molecule has 0 aliphatic carbocycles. The highest BCUT2D eigenvalue weighted by molar-refractivity contribution is 5.77. The number of hydrogen-bond acceptors (Lipinski definition) is 2. The Kier molecular flexibility index (Phi) is 3.13. The highest BCUT2D eigenvalue weighted by atomic mass is 16.5. The van der Waals surface area contributed by atoms with E-state index in [0.717, 1.165) is 18.6 Å². The second-order valence-electron chi connectivity index (χ2n) is 4.19. The van der Waals surface area contributed by atoms with Gasteiger partial charge >= 0.3 is 0 Å². The predicted molar refractivity (Wildman–Crippen MR) is 62.4 cm³/mol. The number of likely N-dealkylation sites (tertiary alicyclic amines) is 1. The van der Waals surface area contributed by atoms with Crippen LogP contribution in [0, 0.1) is 0 Å². The Bertz CT molecular complexity index is 372. The van der Waals surface area contributed by atoms with Crippen LogP contribution >= 0.6 is 0 Å². The van der Waals surface area contributed by atoms with Crippen LogP contribution in [0.4, 0.5) is 0 Å². The summed E-state index contributed by atoms with van der Waals surface area (Å²) in [6.45, 7) is 0. The topological polar surface area (TPSA) is 29.5 Å². The predicted octanol–water partition coefficient (Wildman–Crippen LogP) is 2.38. The molecule has 86 valence electrons. The molecule has 16 heavy (non-hydrogen) atoms. The quantitative estimate of drug-likeness (QED) is 0.764. The SMILES string of the molecule is COc1ccc(C2CCCC(=O)N2C)cc1. The Morgan fingerprint density at radius 3 is 2.62 bits per heavy atom. The summed E-state index contributed by atoms with van der Waals surface area (Å²) in [5, 5.41) is 0. The molecule has 1 aliphatic rings. The van der Waals surface area contributed by atoms with Gasteiger partial charge in [0.15, 0.2) is 0 Å². The zero-order valence-electron chi connectivity index (χ0n) is 9.77. The van der Waals surface area contributed by atoms with E-state index in [-0.39, 0.29) is 11.9 Å². The maximum atomic E-state index is 11.6. The van der Waals surface area contributed by atoms with Gasteiger partial charge in [-0.25, -0.2) is 0 Å². The Balaban J connectivity index is 2.19. The molecule has 0 bridgehead atoms. The maximum absolute atomic E-state index is 11.6. The molecule has 1 aliphatic heterocycles. The second kappa shape index (κ2) is 4.56. The van der Waals surface area contributed by atoms with Gasteiger partial charge in [-0.1, -0.05) is 12.1 Å². The van der Waals surface area contributed by atoms with E-state index in [1.165, 1.54) is 5.56 Å². The number of piperidine rings is 1. The lowest BCUT2D eigenvalue weighted by atomic mass is 9.95. The summed E-state index contributed by atoms with van der Waals surface area (Å²) in [4.78, 5) is 13.5. The van der Waals surface area contributed by atoms with Gasteiger partial charge in [0.25, 0.3) is 0 Å². The molecule has 1 amide bonds. The van der Waals surface area contributed by atoms with Crippen molar-refractivity contribution in [1.82, 2.24) is 4.90 Å². The van der Waals surface area contributed by atoms with Crippen molar-refractivity contribution in [2.24, 2.45) is 0 Å². The third-order valence-electron chi connectivity index (χ3n) is 3.23. The summed E-state index contributed by atoms with van der Waals surface area (Å²) in [6.07, 6.45) is 2.72. The van der Waals surface area contributed by atoms with Gasteiger partial charge in [0, 0.05) is 13.5 Å². The van der Waals surface area contributed by atoms with Gasteiger partial charge in [-0.3, -0.25) is 4.79 Å². The number of nitrogens with zero attached hydrogens (tertiary/aromatic N) is 1. The van der Waals surface area contributed by atoms with Crippen LogP contribution in [0.5, 0.6) is 5.75 Å². The van der Waals surface area contributed by atoms with E-state index in [0.29, 0.717) is 6.42 Å². The van der Waals surface area contributed by atoms with Crippen molar-refractivity contribution < 1.29 is 9.53 Å². The fraction of sp³-hybridized carbons (Fsp3) is 0.462. The molecule has 1 heterocycles. The van der Waals surface area contributed by atoms with E-state index in [2.05, 4.69) is 0 Å². The molecule has 2 rings (SSSR count). The van der Waals surface area contributed by atoms with Crippen LogP contribution < -0.4 is 4.74 Å². The zero-order valence-corrected chi connectivity index (χ0v) is 9.77. The molecule has 0 saturated carbocycles. The smallest absolute Gasteiger partial charge is 0.222 e. The Labute approximate surface area is 96.0 Å². The number of rotatable bonds is 2. The number of carbonyl (C=O) groups excluding carboxylic acids is 1. The summed E-state index contributed by atoms with van der Waals surface area (Å²) in [5.74, 6) is 1.10. The van der Waals surface area contributed by atoms with Gasteiger partial charge in [0.1, 0.15) is 5.75 Å². The zero-order chi connectivity index (χ0) is 11.5. The molecular weight excluding hydrogens is 202 g/mol. The van der Waals surface area contributed by atoms with Gasteiger partial charge < -0.3 is 9.64 Å². The Morgan fingerprint density at radius 2 is 2.00 bits per heavy atom. The molecule has 0 aromatic heterocycles. The van der Waals surface area contributed by atoms with Crippen molar-refractivity contribution in [2.45, 2.75) is 25.3 Å². The van der Waals surface area contributed by atoms with E-state index in [1.807, 2.05) is 36.2 Å². The third-order valence-corrected chi connectivity index (χ3v) is 3.23. The molecule has 1 unspecified atom stereocenters. The minimum Gasteiger partial charge on any atom is -0.497 e. The van der Waals surface area contributed by atoms with Crippen LogP contribution in [0.1, 0.15) is 30.9 Å². The number of benzene rings is 1. The van der Waals surface area contributed by atoms with Crippen molar-refractivity contribution in [1.29, 1.82) is 0 Å². The van der Waals surface area contributed by atoms with E-state index < -0.39 is 0 Å². The van der Waals surface area contributed by atoms with E-state index in [9.17, 15) is 4.79 Å². The molecule has 1 aromatic carbocycles. The minimum atomic E-state index is 0.229. The van der Waals surface area contributed by atoms with Crippen molar-refractivity contribution in [2.75, 3.05) is 14.2 Å². The lowest BCUT2D eigenvalue weighted by Crippen LogP contribution is -2.34. The molecule has 1 atom stereocenters. The molecule has 1 aromatic rings. The fourth-order valence-corrected chi connectivity index (χ4v) is 2.21. The average Bonchev–Trinajstić information content (AvgIpc) is 2.33. The molecule has 1 fully saturated rings. The number of carbonyl (C=O) groups is 1. The number of amides is 1. The largest absolute Gasteiger partial charge is 0.497 e. The third kappa shape index (κ3) is 2.03. The monoisotopic (exact) mass is 219 g/mol. The van der Waals surface area contributed by atoms with Crippen molar-refractivity contribution in [3.05, 3.63) is 29.8 Å². The highest BCUT2D eigenvalue weighted by Crippen LogP contribution is 2.30. The average molecular weight is 219 g/mol. The highest BCUT2D eigenvalue weighted by Gasteiger charge is 2.25. The normalized spacial score (nSPS) is 21.0. The van der Waals surface area contributed by atoms with Crippen LogP contribution in [-0.4, -0.2) is 25.0 Å². The molecule has 3 heteroatoms. The van der Waals surface area contributed by atoms with Crippen molar-refractivity contribution >= 4 is 5.91 Å². The lowest BCUT2D eigenvalue weighted by molar-refractivity contribution is -0.134. The second-order valence-corrected chi connectivity index (χ2v) is 4.19. The Hall–Kier alpha value is -1.51. The van der Waals surface area contributed by atoms with E-state index in [4.69, 9.17) is 4.74 Å². The van der Waals surface area contributed by atoms with E-state index >= 15 is 0 Å². The maximum Gasteiger partial charge on any atom is 0.222 e. The summed E-state index contributed by atoms with van der Waals surface area (Å²) in [6, 6.07) is 8.20. The standard InChI is InChI=1S/C13H17NO2/c1-14-12(4-3-5-13(14)15)10-6-8-11(16-2)9-7-10/h6-9,12H,3-5H2,1-2H3. The van der Waals surface area contributed by atoms with Crippen LogP contribution in [0.15, 0.2) is 24.3 Å².